The van der Waals surface area contributed by atoms with Crippen LogP contribution in [-0.4, -0.2) is 55.1 Å². The molecule has 1 saturated carbocycles. The minimum Gasteiger partial charge on any atom is -0.363 e. The quantitative estimate of drug-likeness (QED) is 0.923. The Morgan fingerprint density at radius 2 is 2.09 bits per heavy atom. The maximum atomic E-state index is 12.4. The smallest absolute Gasteiger partial charge is 0.251 e. The lowest BCUT2D eigenvalue weighted by molar-refractivity contribution is 0.0936. The van der Waals surface area contributed by atoms with E-state index < -0.39 is 0 Å². The first kappa shape index (κ1) is 15.3. The van der Waals surface area contributed by atoms with Crippen LogP contribution < -0.4 is 10.2 Å². The summed E-state index contributed by atoms with van der Waals surface area (Å²) in [5.41, 5.74) is 0.693. The minimum atomic E-state index is 0.0174. The maximum Gasteiger partial charge on any atom is 0.251 e. The van der Waals surface area contributed by atoms with Gasteiger partial charge in [-0.2, -0.15) is 0 Å². The molecule has 0 aromatic carbocycles. The average molecular weight is 302 g/mol. The molecular weight excluding hydrogens is 276 g/mol. The van der Waals surface area contributed by atoms with Crippen LogP contribution in [0.5, 0.6) is 0 Å². The van der Waals surface area contributed by atoms with Crippen molar-refractivity contribution in [2.75, 3.05) is 32.1 Å². The first-order chi connectivity index (χ1) is 10.6. The molecule has 1 aliphatic heterocycles. The Morgan fingerprint density at radius 3 is 2.82 bits per heavy atom. The van der Waals surface area contributed by atoms with Gasteiger partial charge in [-0.05, 0) is 31.4 Å². The lowest BCUT2D eigenvalue weighted by atomic mass is 10.2. The van der Waals surface area contributed by atoms with E-state index in [1.165, 1.54) is 25.7 Å². The van der Waals surface area contributed by atoms with Crippen molar-refractivity contribution in [3.63, 3.8) is 0 Å². The van der Waals surface area contributed by atoms with Gasteiger partial charge >= 0.3 is 0 Å². The van der Waals surface area contributed by atoms with Crippen LogP contribution in [0.1, 0.15) is 42.5 Å². The van der Waals surface area contributed by atoms with E-state index >= 15 is 0 Å². The van der Waals surface area contributed by atoms with Crippen molar-refractivity contribution in [2.24, 2.45) is 0 Å². The summed E-state index contributed by atoms with van der Waals surface area (Å²) in [6, 6.07) is 4.66. The van der Waals surface area contributed by atoms with Crippen molar-refractivity contribution in [3.8, 4) is 0 Å². The van der Waals surface area contributed by atoms with Gasteiger partial charge in [0.1, 0.15) is 5.82 Å². The zero-order chi connectivity index (χ0) is 15.5. The highest BCUT2D eigenvalue weighted by Gasteiger charge is 2.30. The summed E-state index contributed by atoms with van der Waals surface area (Å²) in [7, 11) is 3.86. The number of carbonyl (C=O) groups is 1. The predicted octanol–water partition coefficient (Wildman–Crippen LogP) is 1.89. The molecule has 0 radical (unpaired) electrons. The fourth-order valence-corrected chi connectivity index (χ4v) is 3.58. The van der Waals surface area contributed by atoms with Gasteiger partial charge in [0.2, 0.25) is 0 Å². The summed E-state index contributed by atoms with van der Waals surface area (Å²) in [6.45, 7) is 2.12. The lowest BCUT2D eigenvalue weighted by Crippen LogP contribution is -2.39. The Hall–Kier alpha value is -1.62. The molecule has 1 atom stereocenters. The van der Waals surface area contributed by atoms with Crippen molar-refractivity contribution < 1.29 is 4.79 Å². The fraction of sp³-hybridized carbons (Fsp3) is 0.647. The summed E-state index contributed by atoms with van der Waals surface area (Å²) in [5, 5.41) is 3.19. The van der Waals surface area contributed by atoms with Crippen molar-refractivity contribution in [1.29, 1.82) is 0 Å². The molecule has 1 aromatic rings. The SMILES string of the molecule is CN(C)c1cc(C(=O)NC2CCN(C3CCCC3)C2)ccn1. The van der Waals surface area contributed by atoms with E-state index in [0.29, 0.717) is 5.56 Å². The molecule has 2 heterocycles. The van der Waals surface area contributed by atoms with Crippen LogP contribution in [0.25, 0.3) is 0 Å². The van der Waals surface area contributed by atoms with E-state index in [1.807, 2.05) is 25.1 Å². The highest BCUT2D eigenvalue weighted by Crippen LogP contribution is 2.26. The van der Waals surface area contributed by atoms with Crippen LogP contribution in [0.2, 0.25) is 0 Å². The summed E-state index contributed by atoms with van der Waals surface area (Å²) >= 11 is 0. The van der Waals surface area contributed by atoms with E-state index in [2.05, 4.69) is 15.2 Å². The zero-order valence-electron chi connectivity index (χ0n) is 13.6. The van der Waals surface area contributed by atoms with Crippen LogP contribution in [0.4, 0.5) is 5.82 Å². The number of aromatic nitrogens is 1. The Morgan fingerprint density at radius 1 is 1.32 bits per heavy atom. The summed E-state index contributed by atoms with van der Waals surface area (Å²) < 4.78 is 0. The Balaban J connectivity index is 1.57. The molecule has 2 aliphatic rings. The maximum absolute atomic E-state index is 12.4. The van der Waals surface area contributed by atoms with Crippen LogP contribution in [0, 0.1) is 0 Å². The highest BCUT2D eigenvalue weighted by molar-refractivity contribution is 5.95. The number of nitrogens with zero attached hydrogens (tertiary/aromatic N) is 3. The van der Waals surface area contributed by atoms with Crippen molar-refractivity contribution >= 4 is 11.7 Å². The normalized spacial score (nSPS) is 22.9. The first-order valence-corrected chi connectivity index (χ1v) is 8.32. The standard InChI is InChI=1S/C17H26N4O/c1-20(2)16-11-13(7-9-18-16)17(22)19-14-8-10-21(12-14)15-5-3-4-6-15/h7,9,11,14-15H,3-6,8,10,12H2,1-2H3,(H,19,22). The van der Waals surface area contributed by atoms with Gasteiger partial charge in [0, 0.05) is 51.0 Å². The second kappa shape index (κ2) is 6.65. The van der Waals surface area contributed by atoms with Gasteiger partial charge in [-0.15, -0.1) is 0 Å². The van der Waals surface area contributed by atoms with Gasteiger partial charge in [0.15, 0.2) is 0 Å². The van der Waals surface area contributed by atoms with Gasteiger partial charge in [-0.25, -0.2) is 4.98 Å². The van der Waals surface area contributed by atoms with Crippen molar-refractivity contribution in [2.45, 2.75) is 44.2 Å². The van der Waals surface area contributed by atoms with Gasteiger partial charge in [-0.1, -0.05) is 12.8 Å². The molecule has 1 saturated heterocycles. The number of rotatable bonds is 4. The molecule has 1 N–H and O–H groups in total. The number of hydrogen-bond acceptors (Lipinski definition) is 4. The average Bonchev–Trinajstić information content (AvgIpc) is 3.18. The van der Waals surface area contributed by atoms with Crippen LogP contribution in [-0.2, 0) is 0 Å². The van der Waals surface area contributed by atoms with Crippen LogP contribution >= 0.6 is 0 Å². The van der Waals surface area contributed by atoms with Gasteiger partial charge in [-0.3, -0.25) is 9.69 Å². The van der Waals surface area contributed by atoms with Crippen LogP contribution in [0.15, 0.2) is 18.3 Å². The lowest BCUT2D eigenvalue weighted by Gasteiger charge is -2.23. The van der Waals surface area contributed by atoms with Gasteiger partial charge in [0.25, 0.3) is 5.91 Å². The molecule has 0 spiro atoms. The summed E-state index contributed by atoms with van der Waals surface area (Å²) in [5.74, 6) is 0.829. The number of pyridine rings is 1. The molecule has 0 bridgehead atoms. The second-order valence-corrected chi connectivity index (χ2v) is 6.69. The predicted molar refractivity (Wildman–Crippen MR) is 88.3 cm³/mol. The Labute approximate surface area is 132 Å². The van der Waals surface area contributed by atoms with E-state index in [0.717, 1.165) is 31.4 Å². The molecular formula is C17H26N4O. The van der Waals surface area contributed by atoms with Gasteiger partial charge < -0.3 is 10.2 Å². The molecule has 1 amide bonds. The van der Waals surface area contributed by atoms with Crippen molar-refractivity contribution in [3.05, 3.63) is 23.9 Å². The number of carbonyl (C=O) groups excluding carboxylic acids is 1. The third kappa shape index (κ3) is 3.40. The Kier molecular flexibility index (Phi) is 4.62. The molecule has 1 aromatic heterocycles. The van der Waals surface area contributed by atoms with Crippen molar-refractivity contribution in [1.82, 2.24) is 15.2 Å². The fourth-order valence-electron chi connectivity index (χ4n) is 3.58. The minimum absolute atomic E-state index is 0.0174. The third-order valence-corrected chi connectivity index (χ3v) is 4.86. The van der Waals surface area contributed by atoms with E-state index in [9.17, 15) is 4.79 Å². The van der Waals surface area contributed by atoms with E-state index in [1.54, 1.807) is 12.3 Å². The van der Waals surface area contributed by atoms with E-state index in [-0.39, 0.29) is 11.9 Å². The largest absolute Gasteiger partial charge is 0.363 e. The number of anilines is 1. The molecule has 1 unspecified atom stereocenters. The molecule has 3 rings (SSSR count). The molecule has 2 fully saturated rings. The zero-order valence-corrected chi connectivity index (χ0v) is 13.6. The molecule has 1 aliphatic carbocycles. The molecule has 5 nitrogen and oxygen atoms in total. The third-order valence-electron chi connectivity index (χ3n) is 4.86. The second-order valence-electron chi connectivity index (χ2n) is 6.69. The first-order valence-electron chi connectivity index (χ1n) is 8.32. The number of amides is 1. The van der Waals surface area contributed by atoms with Gasteiger partial charge in [0.05, 0.1) is 0 Å². The topological polar surface area (TPSA) is 48.5 Å². The molecule has 22 heavy (non-hydrogen) atoms. The number of likely N-dealkylation sites (tertiary alicyclic amines) is 1. The summed E-state index contributed by atoms with van der Waals surface area (Å²) in [4.78, 5) is 21.2. The van der Waals surface area contributed by atoms with Crippen LogP contribution in [0.3, 0.4) is 0 Å². The molecule has 5 heteroatoms. The highest BCUT2D eigenvalue weighted by atomic mass is 16.1. The Bertz CT molecular complexity index is 525. The number of nitrogens with one attached hydrogen (secondary N) is 1. The monoisotopic (exact) mass is 302 g/mol. The van der Waals surface area contributed by atoms with E-state index in [4.69, 9.17) is 0 Å². The number of hydrogen-bond donors (Lipinski definition) is 1. The summed E-state index contributed by atoms with van der Waals surface area (Å²) in [6.07, 6.45) is 8.15. The molecule has 120 valence electrons.